The lowest BCUT2D eigenvalue weighted by Crippen LogP contribution is -2.45. The monoisotopic (exact) mass is 291 g/mol. The van der Waals surface area contributed by atoms with Crippen molar-refractivity contribution in [3.05, 3.63) is 23.8 Å². The first-order chi connectivity index (χ1) is 9.95. The maximum absolute atomic E-state index is 12.3. The van der Waals surface area contributed by atoms with Gasteiger partial charge in [-0.3, -0.25) is 4.79 Å². The van der Waals surface area contributed by atoms with Gasteiger partial charge in [0.1, 0.15) is 12.4 Å². The highest BCUT2D eigenvalue weighted by atomic mass is 16.4. The fourth-order valence-corrected chi connectivity index (χ4v) is 2.01. The number of nitrogens with zero attached hydrogens (tertiary/aromatic N) is 4. The maximum atomic E-state index is 12.3. The minimum Gasteiger partial charge on any atom is -0.480 e. The van der Waals surface area contributed by atoms with E-state index in [1.807, 2.05) is 6.92 Å². The van der Waals surface area contributed by atoms with Crippen molar-refractivity contribution in [1.29, 1.82) is 0 Å². The minimum atomic E-state index is -1.05. The fourth-order valence-electron chi connectivity index (χ4n) is 2.01. The van der Waals surface area contributed by atoms with E-state index in [1.165, 1.54) is 17.0 Å². The highest BCUT2D eigenvalue weighted by molar-refractivity contribution is 5.97. The second kappa shape index (κ2) is 5.86. The molecule has 1 amide bonds. The zero-order valence-corrected chi connectivity index (χ0v) is 12.1. The van der Waals surface area contributed by atoms with Crippen molar-refractivity contribution in [1.82, 2.24) is 24.9 Å². The Kier molecular flexibility index (Phi) is 4.15. The third-order valence-corrected chi connectivity index (χ3v) is 3.56. The number of rotatable bonds is 5. The number of hydrogen-bond donors (Lipinski definition) is 2. The van der Waals surface area contributed by atoms with Crippen LogP contribution in [0.1, 0.15) is 36.3 Å². The summed E-state index contributed by atoms with van der Waals surface area (Å²) in [6.45, 7) is 5.36. The molecule has 2 rings (SSSR count). The molecule has 21 heavy (non-hydrogen) atoms. The quantitative estimate of drug-likeness (QED) is 0.837. The van der Waals surface area contributed by atoms with Gasteiger partial charge in [0.2, 0.25) is 0 Å². The number of hydrogen-bond acceptors (Lipinski definition) is 5. The maximum Gasteiger partial charge on any atom is 0.326 e. The number of carbonyl (C=O) groups is 2. The summed E-state index contributed by atoms with van der Waals surface area (Å²) in [6.07, 6.45) is 3.37. The smallest absolute Gasteiger partial charge is 0.326 e. The molecule has 8 heteroatoms. The molecule has 2 atom stereocenters. The lowest BCUT2D eigenvalue weighted by Gasteiger charge is -2.20. The van der Waals surface area contributed by atoms with Gasteiger partial charge in [0.25, 0.3) is 11.7 Å². The molecule has 0 saturated heterocycles. The van der Waals surface area contributed by atoms with Crippen LogP contribution in [0, 0.1) is 12.8 Å². The highest BCUT2D eigenvalue weighted by Crippen LogP contribution is 2.11. The Hall–Kier alpha value is -2.51. The number of carbonyl (C=O) groups excluding carboxylic acids is 1. The molecule has 0 aliphatic carbocycles. The summed E-state index contributed by atoms with van der Waals surface area (Å²) in [5.74, 6) is -1.31. The van der Waals surface area contributed by atoms with Crippen LogP contribution in [0.2, 0.25) is 0 Å². The van der Waals surface area contributed by atoms with Gasteiger partial charge in [0.05, 0.1) is 11.3 Å². The van der Waals surface area contributed by atoms with Gasteiger partial charge in [-0.2, -0.15) is 10.1 Å². The van der Waals surface area contributed by atoms with Gasteiger partial charge in [0, 0.05) is 6.20 Å². The number of carboxylic acid groups (broad SMARTS) is 1. The van der Waals surface area contributed by atoms with Gasteiger partial charge in [-0.25, -0.2) is 14.3 Å². The van der Waals surface area contributed by atoms with Crippen LogP contribution in [0.5, 0.6) is 0 Å². The van der Waals surface area contributed by atoms with E-state index in [9.17, 15) is 14.7 Å². The molecule has 2 aromatic rings. The standard InChI is InChI=1S/C13H17N5O3/c1-4-7(2)10(12(20)21)17-11(19)9-5-14-13-15-6-16-18(13)8(9)3/h5-7,10H,4H2,1-3H3,(H,17,19)(H,20,21)/t7?,10-/m0/s1. The molecule has 0 spiro atoms. The van der Waals surface area contributed by atoms with E-state index in [2.05, 4.69) is 20.4 Å². The average Bonchev–Trinajstić information content (AvgIpc) is 2.93. The first-order valence-corrected chi connectivity index (χ1v) is 6.64. The summed E-state index contributed by atoms with van der Waals surface area (Å²) in [4.78, 5) is 31.5. The van der Waals surface area contributed by atoms with Crippen molar-refractivity contribution in [2.75, 3.05) is 0 Å². The molecule has 0 aromatic carbocycles. The van der Waals surface area contributed by atoms with Crippen LogP contribution in [-0.4, -0.2) is 42.6 Å². The number of nitrogens with one attached hydrogen (secondary N) is 1. The molecule has 2 N–H and O–H groups in total. The summed E-state index contributed by atoms with van der Waals surface area (Å²) in [5, 5.41) is 15.7. The van der Waals surface area contributed by atoms with Crippen LogP contribution in [-0.2, 0) is 4.79 Å². The average molecular weight is 291 g/mol. The van der Waals surface area contributed by atoms with Crippen molar-refractivity contribution in [3.63, 3.8) is 0 Å². The molecular formula is C13H17N5O3. The molecule has 2 heterocycles. The number of aliphatic carboxylic acids is 1. The Balaban J connectivity index is 2.29. The van der Waals surface area contributed by atoms with Crippen molar-refractivity contribution in [2.45, 2.75) is 33.2 Å². The van der Waals surface area contributed by atoms with Crippen molar-refractivity contribution < 1.29 is 14.7 Å². The third-order valence-electron chi connectivity index (χ3n) is 3.56. The molecule has 0 saturated carbocycles. The normalized spacial score (nSPS) is 13.9. The van der Waals surface area contributed by atoms with E-state index >= 15 is 0 Å². The summed E-state index contributed by atoms with van der Waals surface area (Å²) < 4.78 is 1.44. The summed E-state index contributed by atoms with van der Waals surface area (Å²) in [7, 11) is 0. The molecule has 2 aromatic heterocycles. The van der Waals surface area contributed by atoms with E-state index in [-0.39, 0.29) is 11.5 Å². The SMILES string of the molecule is CCC(C)[C@H](NC(=O)c1cnc2ncnn2c1C)C(=O)O. The van der Waals surface area contributed by atoms with Crippen molar-refractivity contribution in [3.8, 4) is 0 Å². The number of fused-ring (bicyclic) bond motifs is 1. The third kappa shape index (κ3) is 2.83. The zero-order chi connectivity index (χ0) is 15.6. The van der Waals surface area contributed by atoms with E-state index in [1.54, 1.807) is 13.8 Å². The van der Waals surface area contributed by atoms with Gasteiger partial charge in [-0.1, -0.05) is 20.3 Å². The Morgan fingerprint density at radius 3 is 2.76 bits per heavy atom. The van der Waals surface area contributed by atoms with Gasteiger partial charge in [-0.15, -0.1) is 0 Å². The first-order valence-electron chi connectivity index (χ1n) is 6.64. The van der Waals surface area contributed by atoms with Crippen LogP contribution >= 0.6 is 0 Å². The van der Waals surface area contributed by atoms with Gasteiger partial charge in [0.15, 0.2) is 0 Å². The van der Waals surface area contributed by atoms with E-state index in [0.717, 1.165) is 0 Å². The molecule has 8 nitrogen and oxygen atoms in total. The number of aromatic nitrogens is 4. The topological polar surface area (TPSA) is 109 Å². The molecule has 0 aliphatic rings. The van der Waals surface area contributed by atoms with E-state index in [4.69, 9.17) is 0 Å². The Bertz CT molecular complexity index is 681. The summed E-state index contributed by atoms with van der Waals surface area (Å²) in [5.41, 5.74) is 0.839. The van der Waals surface area contributed by atoms with Crippen molar-refractivity contribution >= 4 is 17.7 Å². The lowest BCUT2D eigenvalue weighted by atomic mass is 9.99. The molecule has 1 unspecified atom stereocenters. The molecule has 0 aliphatic heterocycles. The van der Waals surface area contributed by atoms with Crippen molar-refractivity contribution in [2.24, 2.45) is 5.92 Å². The molecule has 0 fully saturated rings. The molecule has 0 radical (unpaired) electrons. The number of amides is 1. The predicted octanol–water partition coefficient (Wildman–Crippen LogP) is 0.662. The highest BCUT2D eigenvalue weighted by Gasteiger charge is 2.26. The van der Waals surface area contributed by atoms with E-state index in [0.29, 0.717) is 17.9 Å². The Morgan fingerprint density at radius 1 is 1.43 bits per heavy atom. The van der Waals surface area contributed by atoms with Gasteiger partial charge < -0.3 is 10.4 Å². The minimum absolute atomic E-state index is 0.171. The Morgan fingerprint density at radius 2 is 2.14 bits per heavy atom. The van der Waals surface area contributed by atoms with Crippen LogP contribution < -0.4 is 5.32 Å². The second-order valence-electron chi connectivity index (χ2n) is 4.90. The molecule has 0 bridgehead atoms. The second-order valence-corrected chi connectivity index (χ2v) is 4.90. The zero-order valence-electron chi connectivity index (χ0n) is 12.1. The Labute approximate surface area is 121 Å². The first kappa shape index (κ1) is 14.9. The number of aryl methyl sites for hydroxylation is 1. The van der Waals surface area contributed by atoms with Crippen LogP contribution in [0.3, 0.4) is 0 Å². The van der Waals surface area contributed by atoms with Gasteiger partial charge in [-0.05, 0) is 12.8 Å². The lowest BCUT2D eigenvalue weighted by molar-refractivity contribution is -0.140. The number of carboxylic acids is 1. The van der Waals surface area contributed by atoms with Crippen LogP contribution in [0.4, 0.5) is 0 Å². The fraction of sp³-hybridized carbons (Fsp3) is 0.462. The largest absolute Gasteiger partial charge is 0.480 e. The summed E-state index contributed by atoms with van der Waals surface area (Å²) >= 11 is 0. The van der Waals surface area contributed by atoms with Crippen LogP contribution in [0.15, 0.2) is 12.5 Å². The molecular weight excluding hydrogens is 274 g/mol. The predicted molar refractivity (Wildman–Crippen MR) is 73.9 cm³/mol. The van der Waals surface area contributed by atoms with E-state index < -0.39 is 17.9 Å². The molecule has 112 valence electrons. The summed E-state index contributed by atoms with van der Waals surface area (Å²) in [6, 6.07) is -0.937. The van der Waals surface area contributed by atoms with Crippen LogP contribution in [0.25, 0.3) is 5.78 Å². The van der Waals surface area contributed by atoms with Gasteiger partial charge >= 0.3 is 5.97 Å².